The lowest BCUT2D eigenvalue weighted by Gasteiger charge is -2.35. The van der Waals surface area contributed by atoms with Crippen molar-refractivity contribution in [1.29, 1.82) is 0 Å². The number of ether oxygens (including phenoxy) is 2. The standard InChI is InChI=1S/C18H26ClN3O4/c1-12-8-22(9-13(2)26-12)18(24)11-21(3)10-17(23)20-15-7-14(19)5-6-16(15)25-4/h5-7,12-13H,8-11H2,1-4H3,(H,20,23)/p+1/t12-,13-/m1/s1. The highest BCUT2D eigenvalue weighted by molar-refractivity contribution is 6.31. The third kappa shape index (κ3) is 5.86. The number of morpholine rings is 1. The summed E-state index contributed by atoms with van der Waals surface area (Å²) in [5.41, 5.74) is 0.514. The smallest absolute Gasteiger partial charge is 0.279 e. The maximum absolute atomic E-state index is 12.5. The third-order valence-corrected chi connectivity index (χ3v) is 4.36. The van der Waals surface area contributed by atoms with E-state index in [-0.39, 0.29) is 37.1 Å². The lowest BCUT2D eigenvalue weighted by molar-refractivity contribution is -0.862. The Hall–Kier alpha value is -1.83. The molecule has 7 nitrogen and oxygen atoms in total. The molecule has 2 rings (SSSR count). The van der Waals surface area contributed by atoms with Crippen LogP contribution in [-0.2, 0) is 14.3 Å². The molecule has 2 amide bonds. The molecule has 3 atom stereocenters. The monoisotopic (exact) mass is 384 g/mol. The normalized spacial score (nSPS) is 21.2. The van der Waals surface area contributed by atoms with E-state index in [4.69, 9.17) is 21.1 Å². The third-order valence-electron chi connectivity index (χ3n) is 4.12. The van der Waals surface area contributed by atoms with E-state index < -0.39 is 0 Å². The summed E-state index contributed by atoms with van der Waals surface area (Å²) in [4.78, 5) is 27.4. The zero-order valence-corrected chi connectivity index (χ0v) is 16.4. The molecule has 26 heavy (non-hydrogen) atoms. The highest BCUT2D eigenvalue weighted by atomic mass is 35.5. The van der Waals surface area contributed by atoms with Gasteiger partial charge in [-0.25, -0.2) is 0 Å². The molecule has 144 valence electrons. The molecule has 1 aliphatic heterocycles. The summed E-state index contributed by atoms with van der Waals surface area (Å²) in [5.74, 6) is 0.352. The van der Waals surface area contributed by atoms with Crippen LogP contribution >= 0.6 is 11.6 Å². The second-order valence-corrected chi connectivity index (χ2v) is 7.20. The van der Waals surface area contributed by atoms with Crippen LogP contribution in [0.15, 0.2) is 18.2 Å². The maximum atomic E-state index is 12.5. The number of carbonyl (C=O) groups excluding carboxylic acids is 2. The minimum atomic E-state index is -0.209. The summed E-state index contributed by atoms with van der Waals surface area (Å²) in [6.07, 6.45) is 0.0585. The van der Waals surface area contributed by atoms with Crippen molar-refractivity contribution >= 4 is 29.1 Å². The Labute approximate surface area is 159 Å². The summed E-state index contributed by atoms with van der Waals surface area (Å²) >= 11 is 5.97. The summed E-state index contributed by atoms with van der Waals surface area (Å²) in [6.45, 7) is 5.50. The van der Waals surface area contributed by atoms with Gasteiger partial charge >= 0.3 is 0 Å². The lowest BCUT2D eigenvalue weighted by Crippen LogP contribution is -3.11. The fraction of sp³-hybridized carbons (Fsp3) is 0.556. The van der Waals surface area contributed by atoms with E-state index in [1.165, 1.54) is 7.11 Å². The van der Waals surface area contributed by atoms with Gasteiger partial charge in [-0.1, -0.05) is 11.6 Å². The van der Waals surface area contributed by atoms with Crippen molar-refractivity contribution in [3.63, 3.8) is 0 Å². The number of nitrogens with one attached hydrogen (secondary N) is 2. The first-order valence-electron chi connectivity index (χ1n) is 8.66. The van der Waals surface area contributed by atoms with Gasteiger partial charge in [0, 0.05) is 18.1 Å². The first kappa shape index (κ1) is 20.5. The van der Waals surface area contributed by atoms with Gasteiger partial charge in [-0.05, 0) is 32.0 Å². The molecule has 0 aliphatic carbocycles. The highest BCUT2D eigenvalue weighted by Gasteiger charge is 2.27. The van der Waals surface area contributed by atoms with E-state index in [0.717, 1.165) is 4.90 Å². The number of rotatable bonds is 6. The van der Waals surface area contributed by atoms with Gasteiger partial charge in [0.25, 0.3) is 11.8 Å². The van der Waals surface area contributed by atoms with Crippen molar-refractivity contribution in [3.05, 3.63) is 23.2 Å². The predicted molar refractivity (Wildman–Crippen MR) is 99.8 cm³/mol. The first-order valence-corrected chi connectivity index (χ1v) is 9.04. The highest BCUT2D eigenvalue weighted by Crippen LogP contribution is 2.27. The molecule has 0 aromatic heterocycles. The molecule has 1 unspecified atom stereocenters. The van der Waals surface area contributed by atoms with Gasteiger partial charge in [0.2, 0.25) is 0 Å². The molecule has 2 N–H and O–H groups in total. The molecular weight excluding hydrogens is 358 g/mol. The van der Waals surface area contributed by atoms with Crippen LogP contribution in [0.4, 0.5) is 5.69 Å². The number of anilines is 1. The Kier molecular flexibility index (Phi) is 7.25. The van der Waals surface area contributed by atoms with Gasteiger partial charge in [0.05, 0.1) is 32.1 Å². The van der Waals surface area contributed by atoms with Crippen LogP contribution in [0, 0.1) is 0 Å². The molecule has 1 fully saturated rings. The second kappa shape index (κ2) is 9.21. The van der Waals surface area contributed by atoms with E-state index in [1.54, 1.807) is 23.1 Å². The van der Waals surface area contributed by atoms with E-state index >= 15 is 0 Å². The largest absolute Gasteiger partial charge is 0.495 e. The molecule has 0 saturated carbocycles. The van der Waals surface area contributed by atoms with Crippen LogP contribution < -0.4 is 15.0 Å². The van der Waals surface area contributed by atoms with E-state index in [9.17, 15) is 9.59 Å². The summed E-state index contributed by atoms with van der Waals surface area (Å²) in [7, 11) is 3.35. The number of nitrogens with zero attached hydrogens (tertiary/aromatic N) is 1. The van der Waals surface area contributed by atoms with Crippen molar-refractivity contribution in [2.75, 3.05) is 45.7 Å². The molecule has 1 aromatic rings. The van der Waals surface area contributed by atoms with E-state index in [1.807, 2.05) is 20.9 Å². The van der Waals surface area contributed by atoms with Gasteiger partial charge in [0.1, 0.15) is 5.75 Å². The van der Waals surface area contributed by atoms with Crippen LogP contribution in [0.25, 0.3) is 0 Å². The first-order chi connectivity index (χ1) is 12.3. The fourth-order valence-corrected chi connectivity index (χ4v) is 3.23. The quantitative estimate of drug-likeness (QED) is 0.746. The summed E-state index contributed by atoms with van der Waals surface area (Å²) < 4.78 is 10.9. The molecule has 8 heteroatoms. The number of likely N-dealkylation sites (N-methyl/N-ethyl adjacent to an activating group) is 1. The minimum absolute atomic E-state index is 0.0256. The summed E-state index contributed by atoms with van der Waals surface area (Å²) in [6, 6.07) is 5.02. The fourth-order valence-electron chi connectivity index (χ4n) is 3.06. The molecule has 0 radical (unpaired) electrons. The SMILES string of the molecule is COc1ccc(Cl)cc1NC(=O)C[NH+](C)CC(=O)N1C[C@@H](C)O[C@H](C)C1. The number of hydrogen-bond acceptors (Lipinski definition) is 4. The van der Waals surface area contributed by atoms with Crippen LogP contribution in [0.3, 0.4) is 0 Å². The van der Waals surface area contributed by atoms with E-state index in [2.05, 4.69) is 5.32 Å². The number of quaternary nitrogens is 1. The van der Waals surface area contributed by atoms with Crippen molar-refractivity contribution in [1.82, 2.24) is 4.90 Å². The zero-order chi connectivity index (χ0) is 19.3. The number of methoxy groups -OCH3 is 1. The van der Waals surface area contributed by atoms with Crippen molar-refractivity contribution in [2.45, 2.75) is 26.1 Å². The number of carbonyl (C=O) groups is 2. The average Bonchev–Trinajstić information content (AvgIpc) is 2.53. The number of halogens is 1. The molecule has 0 spiro atoms. The Morgan fingerprint density at radius 3 is 2.58 bits per heavy atom. The van der Waals surface area contributed by atoms with Crippen LogP contribution in [0.5, 0.6) is 5.75 Å². The molecule has 0 bridgehead atoms. The predicted octanol–water partition coefficient (Wildman–Crippen LogP) is 0.438. The zero-order valence-electron chi connectivity index (χ0n) is 15.7. The van der Waals surface area contributed by atoms with Crippen molar-refractivity contribution < 1.29 is 24.0 Å². The van der Waals surface area contributed by atoms with Crippen LogP contribution in [0.2, 0.25) is 5.02 Å². The van der Waals surface area contributed by atoms with Gasteiger partial charge in [0.15, 0.2) is 13.1 Å². The molecule has 1 heterocycles. The van der Waals surface area contributed by atoms with Crippen LogP contribution in [-0.4, -0.2) is 69.3 Å². The molecule has 1 aliphatic rings. The Balaban J connectivity index is 1.87. The topological polar surface area (TPSA) is 72.3 Å². The van der Waals surface area contributed by atoms with Crippen LogP contribution in [0.1, 0.15) is 13.8 Å². The Morgan fingerprint density at radius 1 is 1.31 bits per heavy atom. The lowest BCUT2D eigenvalue weighted by atomic mass is 10.2. The molecular formula is C18H27ClN3O4+. The number of hydrogen-bond donors (Lipinski definition) is 2. The maximum Gasteiger partial charge on any atom is 0.279 e. The number of benzene rings is 1. The molecule has 1 aromatic carbocycles. The Morgan fingerprint density at radius 2 is 1.96 bits per heavy atom. The Bertz CT molecular complexity index is 645. The minimum Gasteiger partial charge on any atom is -0.495 e. The van der Waals surface area contributed by atoms with E-state index in [0.29, 0.717) is 29.5 Å². The van der Waals surface area contributed by atoms with Crippen molar-refractivity contribution in [3.8, 4) is 5.75 Å². The molecule has 1 saturated heterocycles. The van der Waals surface area contributed by atoms with Gasteiger partial charge in [-0.3, -0.25) is 9.59 Å². The van der Waals surface area contributed by atoms with Gasteiger partial charge in [-0.2, -0.15) is 0 Å². The summed E-state index contributed by atoms with van der Waals surface area (Å²) in [5, 5.41) is 3.29. The van der Waals surface area contributed by atoms with Crippen molar-refractivity contribution in [2.24, 2.45) is 0 Å². The van der Waals surface area contributed by atoms with Gasteiger partial charge in [-0.15, -0.1) is 0 Å². The average molecular weight is 385 g/mol. The van der Waals surface area contributed by atoms with Gasteiger partial charge < -0.3 is 24.6 Å². The second-order valence-electron chi connectivity index (χ2n) is 6.76. The number of amides is 2.